The number of carbonyl (C=O) groups excluding carboxylic acids is 1. The third kappa shape index (κ3) is 4.33. The number of rotatable bonds is 5. The van der Waals surface area contributed by atoms with Gasteiger partial charge in [-0.3, -0.25) is 4.79 Å². The van der Waals surface area contributed by atoms with Crippen LogP contribution >= 0.6 is 34.5 Å². The normalized spacial score (nSPS) is 10.6. The highest BCUT2D eigenvalue weighted by molar-refractivity contribution is 7.12. The first-order valence-corrected chi connectivity index (χ1v) is 8.98. The number of carbonyl (C=O) groups is 1. The summed E-state index contributed by atoms with van der Waals surface area (Å²) in [6.45, 7) is 0.0409. The zero-order chi connectivity index (χ0) is 18.7. The molecule has 26 heavy (non-hydrogen) atoms. The van der Waals surface area contributed by atoms with E-state index in [4.69, 9.17) is 27.9 Å². The first kappa shape index (κ1) is 18.6. The van der Waals surface area contributed by atoms with Crippen LogP contribution in [0.3, 0.4) is 0 Å². The second-order valence-corrected chi connectivity index (χ2v) is 6.96. The summed E-state index contributed by atoms with van der Waals surface area (Å²) in [4.78, 5) is 12.8. The molecule has 0 saturated carbocycles. The van der Waals surface area contributed by atoms with Gasteiger partial charge in [0.25, 0.3) is 5.91 Å². The third-order valence-electron chi connectivity index (χ3n) is 3.37. The Hall–Kier alpha value is -2.15. The number of ether oxygens (including phenoxy) is 1. The molecule has 2 aromatic carbocycles. The van der Waals surface area contributed by atoms with E-state index in [0.717, 1.165) is 12.1 Å². The van der Waals surface area contributed by atoms with Crippen molar-refractivity contribution < 1.29 is 18.3 Å². The standard InChI is InChI=1S/C18H11Cl2F2NO2S/c19-12-2-1-3-13(20)17(12)23-18(24)16-6-10(9-26-16)8-25-15-5-4-11(21)7-14(15)22/h1-7,9H,8H2,(H,23,24). The molecule has 0 spiro atoms. The van der Waals surface area contributed by atoms with Gasteiger partial charge in [0.05, 0.1) is 20.6 Å². The molecule has 1 N–H and O–H groups in total. The van der Waals surface area contributed by atoms with E-state index in [0.29, 0.717) is 26.2 Å². The minimum Gasteiger partial charge on any atom is -0.486 e. The van der Waals surface area contributed by atoms with Gasteiger partial charge in [0.1, 0.15) is 12.4 Å². The van der Waals surface area contributed by atoms with Crippen LogP contribution in [0.5, 0.6) is 5.75 Å². The van der Waals surface area contributed by atoms with Crippen LogP contribution < -0.4 is 10.1 Å². The number of nitrogens with one attached hydrogen (secondary N) is 1. The largest absolute Gasteiger partial charge is 0.486 e. The molecule has 0 aliphatic carbocycles. The summed E-state index contributed by atoms with van der Waals surface area (Å²) in [7, 11) is 0. The molecular formula is C18H11Cl2F2NO2S. The number of benzene rings is 2. The van der Waals surface area contributed by atoms with Gasteiger partial charge >= 0.3 is 0 Å². The summed E-state index contributed by atoms with van der Waals surface area (Å²) < 4.78 is 31.8. The average Bonchev–Trinajstić information content (AvgIpc) is 3.06. The summed E-state index contributed by atoms with van der Waals surface area (Å²) in [5.74, 6) is -1.90. The van der Waals surface area contributed by atoms with E-state index in [1.54, 1.807) is 29.6 Å². The number of hydrogen-bond donors (Lipinski definition) is 1. The van der Waals surface area contributed by atoms with Crippen molar-refractivity contribution in [2.75, 3.05) is 5.32 Å². The molecule has 1 aromatic heterocycles. The number of amides is 1. The van der Waals surface area contributed by atoms with E-state index in [-0.39, 0.29) is 18.3 Å². The van der Waals surface area contributed by atoms with Gasteiger partial charge in [0.15, 0.2) is 11.6 Å². The molecule has 8 heteroatoms. The molecule has 0 radical (unpaired) electrons. The van der Waals surface area contributed by atoms with Crippen molar-refractivity contribution in [3.8, 4) is 5.75 Å². The van der Waals surface area contributed by atoms with Crippen LogP contribution in [0, 0.1) is 11.6 Å². The minimum atomic E-state index is -0.786. The fourth-order valence-electron chi connectivity index (χ4n) is 2.12. The van der Waals surface area contributed by atoms with Crippen LogP contribution in [0.15, 0.2) is 47.8 Å². The Morgan fingerprint density at radius 1 is 1.12 bits per heavy atom. The van der Waals surface area contributed by atoms with Gasteiger partial charge in [-0.05, 0) is 35.7 Å². The van der Waals surface area contributed by atoms with Gasteiger partial charge < -0.3 is 10.1 Å². The van der Waals surface area contributed by atoms with Crippen LogP contribution in [0.25, 0.3) is 0 Å². The molecule has 3 nitrogen and oxygen atoms in total. The monoisotopic (exact) mass is 413 g/mol. The summed E-state index contributed by atoms with van der Waals surface area (Å²) in [5.41, 5.74) is 1.01. The summed E-state index contributed by atoms with van der Waals surface area (Å²) >= 11 is 13.3. The fraction of sp³-hybridized carbons (Fsp3) is 0.0556. The van der Waals surface area contributed by atoms with Crippen LogP contribution in [-0.4, -0.2) is 5.91 Å². The second-order valence-electron chi connectivity index (χ2n) is 5.23. The predicted molar refractivity (Wildman–Crippen MR) is 99.4 cm³/mol. The molecule has 0 aliphatic rings. The maximum absolute atomic E-state index is 13.6. The molecule has 0 aliphatic heterocycles. The van der Waals surface area contributed by atoms with E-state index in [1.165, 1.54) is 17.4 Å². The molecule has 3 rings (SSSR count). The average molecular weight is 414 g/mol. The van der Waals surface area contributed by atoms with Crippen LogP contribution in [-0.2, 0) is 6.61 Å². The SMILES string of the molecule is O=C(Nc1c(Cl)cccc1Cl)c1cc(COc2ccc(F)cc2F)cs1. The topological polar surface area (TPSA) is 38.3 Å². The van der Waals surface area contributed by atoms with Crippen molar-refractivity contribution in [3.05, 3.63) is 80.0 Å². The number of halogens is 4. The van der Waals surface area contributed by atoms with Crippen molar-refractivity contribution in [3.63, 3.8) is 0 Å². The van der Waals surface area contributed by atoms with Gasteiger partial charge in [-0.2, -0.15) is 0 Å². The van der Waals surface area contributed by atoms with Gasteiger partial charge in [-0.1, -0.05) is 29.3 Å². The number of hydrogen-bond acceptors (Lipinski definition) is 3. The van der Waals surface area contributed by atoms with Crippen LogP contribution in [0.4, 0.5) is 14.5 Å². The lowest BCUT2D eigenvalue weighted by atomic mass is 10.3. The second kappa shape index (κ2) is 8.03. The molecule has 3 aromatic rings. The van der Waals surface area contributed by atoms with E-state index >= 15 is 0 Å². The Morgan fingerprint density at radius 3 is 2.54 bits per heavy atom. The zero-order valence-electron chi connectivity index (χ0n) is 13.1. The lowest BCUT2D eigenvalue weighted by Gasteiger charge is -2.08. The summed E-state index contributed by atoms with van der Waals surface area (Å²) in [6.07, 6.45) is 0. The van der Waals surface area contributed by atoms with Crippen molar-refractivity contribution in [2.24, 2.45) is 0 Å². The van der Waals surface area contributed by atoms with E-state index in [1.807, 2.05) is 0 Å². The van der Waals surface area contributed by atoms with Crippen LogP contribution in [0.2, 0.25) is 10.0 Å². The Morgan fingerprint density at radius 2 is 1.85 bits per heavy atom. The van der Waals surface area contributed by atoms with Gasteiger partial charge in [0.2, 0.25) is 0 Å². The fourth-order valence-corrected chi connectivity index (χ4v) is 3.40. The van der Waals surface area contributed by atoms with Gasteiger partial charge in [0, 0.05) is 11.6 Å². The highest BCUT2D eigenvalue weighted by Crippen LogP contribution is 2.31. The van der Waals surface area contributed by atoms with Crippen molar-refractivity contribution >= 4 is 46.1 Å². The highest BCUT2D eigenvalue weighted by Gasteiger charge is 2.14. The lowest BCUT2D eigenvalue weighted by Crippen LogP contribution is -2.11. The highest BCUT2D eigenvalue weighted by atomic mass is 35.5. The Bertz CT molecular complexity index is 942. The van der Waals surface area contributed by atoms with Gasteiger partial charge in [-0.25, -0.2) is 8.78 Å². The minimum absolute atomic E-state index is 0.0409. The summed E-state index contributed by atoms with van der Waals surface area (Å²) in [5, 5.41) is 5.04. The van der Waals surface area contributed by atoms with Crippen LogP contribution in [0.1, 0.15) is 15.2 Å². The first-order valence-electron chi connectivity index (χ1n) is 7.34. The molecular weight excluding hydrogens is 403 g/mol. The van der Waals surface area contributed by atoms with E-state index in [9.17, 15) is 13.6 Å². The quantitative estimate of drug-likeness (QED) is 0.543. The molecule has 0 unspecified atom stereocenters. The molecule has 0 fully saturated rings. The number of thiophene rings is 1. The van der Waals surface area contributed by atoms with E-state index < -0.39 is 11.6 Å². The lowest BCUT2D eigenvalue weighted by molar-refractivity contribution is 0.103. The molecule has 0 atom stereocenters. The zero-order valence-corrected chi connectivity index (χ0v) is 15.4. The van der Waals surface area contributed by atoms with Crippen molar-refractivity contribution in [1.29, 1.82) is 0 Å². The smallest absolute Gasteiger partial charge is 0.265 e. The van der Waals surface area contributed by atoms with Gasteiger partial charge in [-0.15, -0.1) is 11.3 Å². The molecule has 1 amide bonds. The maximum Gasteiger partial charge on any atom is 0.265 e. The number of anilines is 1. The molecule has 1 heterocycles. The maximum atomic E-state index is 13.6. The van der Waals surface area contributed by atoms with E-state index in [2.05, 4.69) is 5.32 Å². The predicted octanol–water partition coefficient (Wildman–Crippen LogP) is 6.16. The Labute approximate surface area is 162 Å². The van der Waals surface area contributed by atoms with Crippen molar-refractivity contribution in [2.45, 2.75) is 6.61 Å². The van der Waals surface area contributed by atoms with Crippen molar-refractivity contribution in [1.82, 2.24) is 0 Å². The first-order chi connectivity index (χ1) is 12.4. The third-order valence-corrected chi connectivity index (χ3v) is 4.97. The molecule has 0 saturated heterocycles. The molecule has 0 bridgehead atoms. The summed E-state index contributed by atoms with van der Waals surface area (Å²) in [6, 6.07) is 9.60. The molecule has 134 valence electrons. The number of para-hydroxylation sites is 1. The Balaban J connectivity index is 1.66. The Kier molecular flexibility index (Phi) is 5.76.